The van der Waals surface area contributed by atoms with Crippen molar-refractivity contribution >= 4 is 11.9 Å². The van der Waals surface area contributed by atoms with Crippen molar-refractivity contribution in [1.82, 2.24) is 4.90 Å². The lowest BCUT2D eigenvalue weighted by Gasteiger charge is -2.27. The van der Waals surface area contributed by atoms with Gasteiger partial charge in [0.25, 0.3) is 0 Å². The number of carbonyl (C=O) groups excluding carboxylic acids is 2. The Balaban J connectivity index is 1.85. The van der Waals surface area contributed by atoms with Crippen LogP contribution in [0.5, 0.6) is 0 Å². The maximum absolute atomic E-state index is 11.3. The molecule has 3 atom stereocenters. The quantitative estimate of drug-likeness (QED) is 0.690. The molecule has 1 fully saturated rings. The second-order valence-electron chi connectivity index (χ2n) is 5.26. The summed E-state index contributed by atoms with van der Waals surface area (Å²) in [4.78, 5) is 24.3. The number of esters is 1. The molecule has 0 spiro atoms. The second-order valence-corrected chi connectivity index (χ2v) is 5.26. The first-order valence-electron chi connectivity index (χ1n) is 6.99. The average molecular weight is 295 g/mol. The third-order valence-electron chi connectivity index (χ3n) is 3.44. The Morgan fingerprint density at radius 2 is 2.29 bits per heavy atom. The molecule has 0 aliphatic carbocycles. The van der Waals surface area contributed by atoms with Gasteiger partial charge in [-0.15, -0.1) is 0 Å². The van der Waals surface area contributed by atoms with Gasteiger partial charge < -0.3 is 25.8 Å². The molecule has 4 N–H and O–H groups in total. The van der Waals surface area contributed by atoms with Gasteiger partial charge in [-0.25, -0.2) is 0 Å². The van der Waals surface area contributed by atoms with Crippen LogP contribution in [-0.2, 0) is 19.1 Å². The smallest absolute Gasteiger partial charge is 0.322 e. The number of amides is 1. The van der Waals surface area contributed by atoms with Gasteiger partial charge in [0.15, 0.2) is 0 Å². The van der Waals surface area contributed by atoms with Gasteiger partial charge in [-0.05, 0) is 26.2 Å². The van der Waals surface area contributed by atoms with Gasteiger partial charge in [0, 0.05) is 18.0 Å². The fourth-order valence-electron chi connectivity index (χ4n) is 2.26. The van der Waals surface area contributed by atoms with Gasteiger partial charge in [0.2, 0.25) is 5.91 Å². The highest BCUT2D eigenvalue weighted by atomic mass is 16.6. The van der Waals surface area contributed by atoms with Crippen LogP contribution in [0.4, 0.5) is 0 Å². The Labute approximate surface area is 123 Å². The average Bonchev–Trinajstić information content (AvgIpc) is 2.93. The number of hydrogen-bond acceptors (Lipinski definition) is 6. The molecule has 0 radical (unpaired) electrons. The fourth-order valence-corrected chi connectivity index (χ4v) is 2.26. The van der Waals surface area contributed by atoms with E-state index in [1.165, 1.54) is 0 Å². The highest BCUT2D eigenvalue weighted by molar-refractivity contribution is 5.92. The topological polar surface area (TPSA) is 108 Å². The maximum Gasteiger partial charge on any atom is 0.322 e. The first-order chi connectivity index (χ1) is 9.97. The summed E-state index contributed by atoms with van der Waals surface area (Å²) in [6.45, 7) is 1.77. The molecule has 1 saturated heterocycles. The van der Waals surface area contributed by atoms with E-state index in [1.807, 2.05) is 17.2 Å². The molecule has 0 aromatic rings. The largest absolute Gasteiger partial charge is 0.462 e. The van der Waals surface area contributed by atoms with Crippen molar-refractivity contribution in [2.75, 3.05) is 6.61 Å². The zero-order chi connectivity index (χ0) is 15.4. The number of rotatable bonds is 5. The summed E-state index contributed by atoms with van der Waals surface area (Å²) in [5.41, 5.74) is 11.3. The molecule has 3 unspecified atom stereocenters. The zero-order valence-electron chi connectivity index (χ0n) is 12.0. The van der Waals surface area contributed by atoms with Crippen LogP contribution >= 0.6 is 0 Å². The van der Waals surface area contributed by atoms with Crippen LogP contribution < -0.4 is 11.5 Å². The molecule has 116 valence electrons. The number of nitrogens with zero attached hydrogens (tertiary/aromatic N) is 1. The monoisotopic (exact) mass is 295 g/mol. The van der Waals surface area contributed by atoms with Crippen LogP contribution in [0.1, 0.15) is 26.2 Å². The Morgan fingerprint density at radius 3 is 2.95 bits per heavy atom. The first-order valence-corrected chi connectivity index (χ1v) is 6.99. The molecule has 7 nitrogen and oxygen atoms in total. The van der Waals surface area contributed by atoms with E-state index in [0.717, 1.165) is 12.8 Å². The Kier molecular flexibility index (Phi) is 4.98. The molecule has 2 aliphatic heterocycles. The first kappa shape index (κ1) is 15.5. The van der Waals surface area contributed by atoms with Crippen LogP contribution in [0.2, 0.25) is 0 Å². The molecular formula is C14H21N3O4. The van der Waals surface area contributed by atoms with Gasteiger partial charge in [-0.2, -0.15) is 0 Å². The van der Waals surface area contributed by atoms with E-state index >= 15 is 0 Å². The van der Waals surface area contributed by atoms with Gasteiger partial charge in [0.1, 0.15) is 18.9 Å². The lowest BCUT2D eigenvalue weighted by Crippen LogP contribution is -2.33. The summed E-state index contributed by atoms with van der Waals surface area (Å²) in [6, 6.07) is -0.631. The third-order valence-corrected chi connectivity index (χ3v) is 3.44. The molecule has 2 rings (SSSR count). The van der Waals surface area contributed by atoms with Crippen LogP contribution in [0, 0.1) is 0 Å². The molecule has 1 amide bonds. The number of ether oxygens (including phenoxy) is 2. The fraction of sp³-hybridized carbons (Fsp3) is 0.571. The SMILES string of the molecule is CC(N)C(=O)OCC1CCC(N2C=CCC(C(N)=O)=C2)O1. The Morgan fingerprint density at radius 1 is 1.52 bits per heavy atom. The van der Waals surface area contributed by atoms with Crippen LogP contribution in [0.15, 0.2) is 24.0 Å². The van der Waals surface area contributed by atoms with Crippen molar-refractivity contribution in [1.29, 1.82) is 0 Å². The van der Waals surface area contributed by atoms with E-state index in [4.69, 9.17) is 20.9 Å². The predicted octanol–water partition coefficient (Wildman–Crippen LogP) is -0.0295. The van der Waals surface area contributed by atoms with Crippen LogP contribution in [0.3, 0.4) is 0 Å². The lowest BCUT2D eigenvalue weighted by molar-refractivity contribution is -0.149. The highest BCUT2D eigenvalue weighted by Gasteiger charge is 2.30. The summed E-state index contributed by atoms with van der Waals surface area (Å²) in [5.74, 6) is -0.861. The standard InChI is InChI=1S/C14H21N3O4/c1-9(15)14(19)20-8-11-4-5-12(21-11)17-6-2-3-10(7-17)13(16)18/h2,6-7,9,11-12H,3-5,8,15H2,1H3,(H2,16,18). The normalized spacial score (nSPS) is 26.4. The minimum absolute atomic E-state index is 0.154. The van der Waals surface area contributed by atoms with Gasteiger partial charge >= 0.3 is 5.97 Å². The van der Waals surface area contributed by atoms with Gasteiger partial charge in [-0.3, -0.25) is 9.59 Å². The van der Waals surface area contributed by atoms with E-state index in [1.54, 1.807) is 13.1 Å². The summed E-state index contributed by atoms with van der Waals surface area (Å²) in [7, 11) is 0. The summed E-state index contributed by atoms with van der Waals surface area (Å²) in [6.07, 6.45) is 7.22. The molecule has 2 heterocycles. The number of hydrogen-bond donors (Lipinski definition) is 2. The van der Waals surface area contributed by atoms with E-state index in [9.17, 15) is 9.59 Å². The van der Waals surface area contributed by atoms with Crippen molar-refractivity contribution in [3.05, 3.63) is 24.0 Å². The molecule has 0 aromatic heterocycles. The molecular weight excluding hydrogens is 274 g/mol. The zero-order valence-corrected chi connectivity index (χ0v) is 12.0. The minimum Gasteiger partial charge on any atom is -0.462 e. The lowest BCUT2D eigenvalue weighted by atomic mass is 10.1. The Hall–Kier alpha value is -1.86. The summed E-state index contributed by atoms with van der Waals surface area (Å²) < 4.78 is 10.9. The van der Waals surface area contributed by atoms with Crippen molar-refractivity contribution < 1.29 is 19.1 Å². The van der Waals surface area contributed by atoms with Gasteiger partial charge in [0.05, 0.1) is 6.10 Å². The molecule has 0 aromatic carbocycles. The second kappa shape index (κ2) is 6.73. The number of allylic oxidation sites excluding steroid dienone is 1. The van der Waals surface area contributed by atoms with E-state index < -0.39 is 17.9 Å². The predicted molar refractivity (Wildman–Crippen MR) is 75.4 cm³/mol. The van der Waals surface area contributed by atoms with E-state index in [-0.39, 0.29) is 18.9 Å². The van der Waals surface area contributed by atoms with E-state index in [2.05, 4.69) is 0 Å². The number of primary amides is 1. The van der Waals surface area contributed by atoms with Gasteiger partial charge in [-0.1, -0.05) is 6.08 Å². The third kappa shape index (κ3) is 4.05. The maximum atomic E-state index is 11.3. The molecule has 7 heteroatoms. The Bertz CT molecular complexity index is 473. The van der Waals surface area contributed by atoms with Crippen LogP contribution in [-0.4, -0.2) is 41.8 Å². The molecule has 2 aliphatic rings. The van der Waals surface area contributed by atoms with Crippen molar-refractivity contribution in [3.63, 3.8) is 0 Å². The van der Waals surface area contributed by atoms with Crippen molar-refractivity contribution in [2.24, 2.45) is 11.5 Å². The van der Waals surface area contributed by atoms with Crippen LogP contribution in [0.25, 0.3) is 0 Å². The molecule has 0 saturated carbocycles. The summed E-state index contributed by atoms with van der Waals surface area (Å²) >= 11 is 0. The molecule has 21 heavy (non-hydrogen) atoms. The highest BCUT2D eigenvalue weighted by Crippen LogP contribution is 2.26. The number of nitrogens with two attached hydrogens (primary N) is 2. The van der Waals surface area contributed by atoms with Crippen molar-refractivity contribution in [2.45, 2.75) is 44.6 Å². The number of carbonyl (C=O) groups is 2. The van der Waals surface area contributed by atoms with Crippen molar-refractivity contribution in [3.8, 4) is 0 Å². The molecule has 0 bridgehead atoms. The minimum atomic E-state index is -0.631. The van der Waals surface area contributed by atoms with E-state index in [0.29, 0.717) is 12.0 Å². The summed E-state index contributed by atoms with van der Waals surface area (Å²) in [5, 5.41) is 0.